The Labute approximate surface area is 99.4 Å². The van der Waals surface area contributed by atoms with Gasteiger partial charge in [-0.15, -0.1) is 0 Å². The van der Waals surface area contributed by atoms with E-state index in [0.29, 0.717) is 12.5 Å². The number of nitrogens with two attached hydrogens (primary N) is 1. The van der Waals surface area contributed by atoms with Crippen LogP contribution in [-0.4, -0.2) is 17.4 Å². The second kappa shape index (κ2) is 5.12. The number of hydrogen-bond donors (Lipinski definition) is 2. The van der Waals surface area contributed by atoms with E-state index in [1.807, 2.05) is 0 Å². The normalized spacial score (nSPS) is 16.1. The van der Waals surface area contributed by atoms with E-state index in [-0.39, 0.29) is 11.4 Å². The van der Waals surface area contributed by atoms with Gasteiger partial charge in [0.05, 0.1) is 5.56 Å². The summed E-state index contributed by atoms with van der Waals surface area (Å²) in [7, 11) is 0. The van der Waals surface area contributed by atoms with Gasteiger partial charge in [0, 0.05) is 12.7 Å². The molecule has 4 nitrogen and oxygen atoms in total. The van der Waals surface area contributed by atoms with E-state index in [2.05, 4.69) is 10.3 Å². The van der Waals surface area contributed by atoms with Crippen LogP contribution in [-0.2, 0) is 0 Å². The molecule has 0 radical (unpaired) electrons. The SMILES string of the molecule is Nc1nccc(C(=O)NCC2CCCC2)c1F. The van der Waals surface area contributed by atoms with E-state index < -0.39 is 11.7 Å². The Kier molecular flexibility index (Phi) is 3.56. The van der Waals surface area contributed by atoms with Gasteiger partial charge in [-0.3, -0.25) is 4.79 Å². The molecule has 2 rings (SSSR count). The zero-order valence-corrected chi connectivity index (χ0v) is 9.58. The van der Waals surface area contributed by atoms with Crippen LogP contribution in [0.3, 0.4) is 0 Å². The van der Waals surface area contributed by atoms with Gasteiger partial charge in [-0.05, 0) is 24.8 Å². The summed E-state index contributed by atoms with van der Waals surface area (Å²) in [5, 5.41) is 2.75. The zero-order chi connectivity index (χ0) is 12.3. The van der Waals surface area contributed by atoms with Crippen molar-refractivity contribution in [2.24, 2.45) is 5.92 Å². The molecule has 92 valence electrons. The Morgan fingerprint density at radius 2 is 2.24 bits per heavy atom. The number of rotatable bonds is 3. The highest BCUT2D eigenvalue weighted by molar-refractivity contribution is 5.95. The molecule has 1 aliphatic rings. The average Bonchev–Trinajstić information content (AvgIpc) is 2.82. The third-order valence-corrected chi connectivity index (χ3v) is 3.19. The quantitative estimate of drug-likeness (QED) is 0.841. The van der Waals surface area contributed by atoms with E-state index in [4.69, 9.17) is 5.73 Å². The van der Waals surface area contributed by atoms with Crippen LogP contribution in [0.5, 0.6) is 0 Å². The lowest BCUT2D eigenvalue weighted by Gasteiger charge is -2.11. The van der Waals surface area contributed by atoms with Crippen LogP contribution in [0.1, 0.15) is 36.0 Å². The third-order valence-electron chi connectivity index (χ3n) is 3.19. The van der Waals surface area contributed by atoms with Crippen LogP contribution in [0.15, 0.2) is 12.3 Å². The van der Waals surface area contributed by atoms with Crippen molar-refractivity contribution in [3.63, 3.8) is 0 Å². The topological polar surface area (TPSA) is 68.0 Å². The van der Waals surface area contributed by atoms with Crippen molar-refractivity contribution in [3.05, 3.63) is 23.6 Å². The van der Waals surface area contributed by atoms with Gasteiger partial charge in [0.25, 0.3) is 5.91 Å². The average molecular weight is 237 g/mol. The summed E-state index contributed by atoms with van der Waals surface area (Å²) in [6, 6.07) is 1.34. The van der Waals surface area contributed by atoms with Crippen molar-refractivity contribution in [2.75, 3.05) is 12.3 Å². The van der Waals surface area contributed by atoms with Crippen molar-refractivity contribution in [3.8, 4) is 0 Å². The van der Waals surface area contributed by atoms with Gasteiger partial charge in [0.2, 0.25) is 0 Å². The summed E-state index contributed by atoms with van der Waals surface area (Å²) in [6.45, 7) is 0.612. The number of carbonyl (C=O) groups excluding carboxylic acids is 1. The maximum Gasteiger partial charge on any atom is 0.254 e. The molecule has 0 saturated heterocycles. The lowest BCUT2D eigenvalue weighted by molar-refractivity contribution is 0.0943. The highest BCUT2D eigenvalue weighted by Gasteiger charge is 2.18. The molecule has 0 unspecified atom stereocenters. The molecule has 5 heteroatoms. The number of aromatic nitrogens is 1. The molecule has 1 aromatic heterocycles. The number of hydrogen-bond acceptors (Lipinski definition) is 3. The van der Waals surface area contributed by atoms with E-state index in [9.17, 15) is 9.18 Å². The fourth-order valence-electron chi connectivity index (χ4n) is 2.18. The first-order chi connectivity index (χ1) is 8.18. The van der Waals surface area contributed by atoms with Crippen LogP contribution in [0.2, 0.25) is 0 Å². The molecule has 0 bridgehead atoms. The molecule has 3 N–H and O–H groups in total. The first-order valence-electron chi connectivity index (χ1n) is 5.86. The predicted molar refractivity (Wildman–Crippen MR) is 62.9 cm³/mol. The Bertz CT molecular complexity index is 416. The van der Waals surface area contributed by atoms with E-state index in [0.717, 1.165) is 12.8 Å². The monoisotopic (exact) mass is 237 g/mol. The van der Waals surface area contributed by atoms with Crippen molar-refractivity contribution in [1.82, 2.24) is 10.3 Å². The van der Waals surface area contributed by atoms with E-state index in [1.54, 1.807) is 0 Å². The predicted octanol–water partition coefficient (Wildman–Crippen LogP) is 1.72. The van der Waals surface area contributed by atoms with Gasteiger partial charge in [-0.2, -0.15) is 0 Å². The Hall–Kier alpha value is -1.65. The molecule has 17 heavy (non-hydrogen) atoms. The molecule has 1 amide bonds. The third kappa shape index (κ3) is 2.72. The number of pyridine rings is 1. The summed E-state index contributed by atoms with van der Waals surface area (Å²) >= 11 is 0. The van der Waals surface area contributed by atoms with Gasteiger partial charge in [0.15, 0.2) is 11.6 Å². The first-order valence-corrected chi connectivity index (χ1v) is 5.86. The molecule has 0 spiro atoms. The Morgan fingerprint density at radius 1 is 1.53 bits per heavy atom. The summed E-state index contributed by atoms with van der Waals surface area (Å²) < 4.78 is 13.5. The standard InChI is InChI=1S/C12H16FN3O/c13-10-9(5-6-15-11(10)14)12(17)16-7-8-3-1-2-4-8/h5-6,8H,1-4,7H2,(H2,14,15)(H,16,17). The minimum atomic E-state index is -0.739. The molecular weight excluding hydrogens is 221 g/mol. The summed E-state index contributed by atoms with van der Waals surface area (Å²) in [4.78, 5) is 15.3. The van der Waals surface area contributed by atoms with Crippen LogP contribution in [0.4, 0.5) is 10.2 Å². The van der Waals surface area contributed by atoms with Gasteiger partial charge < -0.3 is 11.1 Å². The van der Waals surface area contributed by atoms with Crippen LogP contribution >= 0.6 is 0 Å². The first kappa shape index (κ1) is 11.8. The second-order valence-electron chi connectivity index (χ2n) is 4.42. The molecule has 1 aromatic rings. The number of carbonyl (C=O) groups is 1. The largest absolute Gasteiger partial charge is 0.381 e. The van der Waals surface area contributed by atoms with Crippen molar-refractivity contribution in [1.29, 1.82) is 0 Å². The summed E-state index contributed by atoms with van der Waals surface area (Å²) in [6.07, 6.45) is 6.06. The molecular formula is C12H16FN3O. The fraction of sp³-hybridized carbons (Fsp3) is 0.500. The number of nitrogen functional groups attached to an aromatic ring is 1. The second-order valence-corrected chi connectivity index (χ2v) is 4.42. The van der Waals surface area contributed by atoms with Crippen LogP contribution < -0.4 is 11.1 Å². The molecule has 1 heterocycles. The Balaban J connectivity index is 1.97. The number of anilines is 1. The molecule has 1 aliphatic carbocycles. The molecule has 0 aromatic carbocycles. The maximum absolute atomic E-state index is 13.5. The lowest BCUT2D eigenvalue weighted by atomic mass is 10.1. The maximum atomic E-state index is 13.5. The van der Waals surface area contributed by atoms with Crippen molar-refractivity contribution in [2.45, 2.75) is 25.7 Å². The molecule has 0 atom stereocenters. The number of halogens is 1. The minimum Gasteiger partial charge on any atom is -0.381 e. The van der Waals surface area contributed by atoms with E-state index in [1.165, 1.54) is 25.1 Å². The highest BCUT2D eigenvalue weighted by Crippen LogP contribution is 2.23. The van der Waals surface area contributed by atoms with Crippen LogP contribution in [0.25, 0.3) is 0 Å². The smallest absolute Gasteiger partial charge is 0.254 e. The highest BCUT2D eigenvalue weighted by atomic mass is 19.1. The number of amides is 1. The molecule has 0 aliphatic heterocycles. The zero-order valence-electron chi connectivity index (χ0n) is 9.58. The number of nitrogens with one attached hydrogen (secondary N) is 1. The van der Waals surface area contributed by atoms with E-state index >= 15 is 0 Å². The Morgan fingerprint density at radius 3 is 2.94 bits per heavy atom. The minimum absolute atomic E-state index is 0.0319. The fourth-order valence-corrected chi connectivity index (χ4v) is 2.18. The molecule has 1 saturated carbocycles. The molecule has 1 fully saturated rings. The lowest BCUT2D eigenvalue weighted by Crippen LogP contribution is -2.29. The van der Waals surface area contributed by atoms with Gasteiger partial charge >= 0.3 is 0 Å². The summed E-state index contributed by atoms with van der Waals surface area (Å²) in [5.74, 6) is -0.861. The van der Waals surface area contributed by atoms with Gasteiger partial charge in [0.1, 0.15) is 0 Å². The van der Waals surface area contributed by atoms with Crippen molar-refractivity contribution < 1.29 is 9.18 Å². The van der Waals surface area contributed by atoms with Gasteiger partial charge in [-0.1, -0.05) is 12.8 Å². The number of nitrogens with zero attached hydrogens (tertiary/aromatic N) is 1. The van der Waals surface area contributed by atoms with Crippen molar-refractivity contribution >= 4 is 11.7 Å². The summed E-state index contributed by atoms with van der Waals surface area (Å²) in [5.41, 5.74) is 5.28. The van der Waals surface area contributed by atoms with Crippen LogP contribution in [0, 0.1) is 11.7 Å². The van der Waals surface area contributed by atoms with Gasteiger partial charge in [-0.25, -0.2) is 9.37 Å².